The fraction of sp³-hybridized carbons (Fsp3) is 0.471. The average molecular weight is 321 g/mol. The number of carbonyl (C=O) groups excluding carboxylic acids is 3. The summed E-state index contributed by atoms with van der Waals surface area (Å²) in [6, 6.07) is 8.41. The Bertz CT molecular complexity index is 522. The van der Waals surface area contributed by atoms with Crippen molar-refractivity contribution < 1.29 is 23.9 Å². The third-order valence-corrected chi connectivity index (χ3v) is 2.76. The van der Waals surface area contributed by atoms with Gasteiger partial charge in [0, 0.05) is 6.42 Å². The molecule has 1 amide bonds. The van der Waals surface area contributed by atoms with Crippen molar-refractivity contribution in [2.24, 2.45) is 0 Å². The van der Waals surface area contributed by atoms with E-state index in [1.54, 1.807) is 20.8 Å². The Morgan fingerprint density at radius 3 is 2.43 bits per heavy atom. The van der Waals surface area contributed by atoms with E-state index in [9.17, 15) is 14.4 Å². The molecule has 0 spiro atoms. The third-order valence-electron chi connectivity index (χ3n) is 2.76. The quantitative estimate of drug-likeness (QED) is 0.616. The molecule has 0 heterocycles. The molecule has 0 saturated carbocycles. The first kappa shape index (κ1) is 18.7. The topological polar surface area (TPSA) is 81.7 Å². The van der Waals surface area contributed by atoms with Crippen LogP contribution in [0, 0.1) is 0 Å². The Balaban J connectivity index is 2.33. The normalized spacial score (nSPS) is 12.1. The maximum absolute atomic E-state index is 11.7. The first-order valence-corrected chi connectivity index (χ1v) is 7.44. The van der Waals surface area contributed by atoms with Crippen molar-refractivity contribution in [1.29, 1.82) is 0 Å². The van der Waals surface area contributed by atoms with E-state index in [1.165, 1.54) is 0 Å². The smallest absolute Gasteiger partial charge is 0.408 e. The van der Waals surface area contributed by atoms with Crippen molar-refractivity contribution in [3.8, 4) is 0 Å². The van der Waals surface area contributed by atoms with Crippen molar-refractivity contribution in [1.82, 2.24) is 5.32 Å². The monoisotopic (exact) mass is 321 g/mol. The molecule has 1 atom stereocenters. The second-order valence-electron chi connectivity index (χ2n) is 6.07. The van der Waals surface area contributed by atoms with Gasteiger partial charge in [0.05, 0.1) is 6.04 Å². The maximum Gasteiger partial charge on any atom is 0.408 e. The Kier molecular flexibility index (Phi) is 7.25. The van der Waals surface area contributed by atoms with E-state index in [0.717, 1.165) is 5.56 Å². The molecule has 1 aromatic rings. The van der Waals surface area contributed by atoms with Gasteiger partial charge in [0.2, 0.25) is 0 Å². The highest BCUT2D eigenvalue weighted by Crippen LogP contribution is 2.10. The van der Waals surface area contributed by atoms with Crippen LogP contribution in [0.5, 0.6) is 0 Å². The molecule has 0 bridgehead atoms. The zero-order valence-corrected chi connectivity index (χ0v) is 13.7. The van der Waals surface area contributed by atoms with Gasteiger partial charge in [-0.1, -0.05) is 30.3 Å². The first-order chi connectivity index (χ1) is 10.8. The lowest BCUT2D eigenvalue weighted by Gasteiger charge is -2.20. The molecule has 23 heavy (non-hydrogen) atoms. The second-order valence-corrected chi connectivity index (χ2v) is 6.07. The van der Waals surface area contributed by atoms with E-state index in [4.69, 9.17) is 9.47 Å². The number of hydrogen-bond donors (Lipinski definition) is 1. The van der Waals surface area contributed by atoms with E-state index >= 15 is 0 Å². The number of benzene rings is 1. The van der Waals surface area contributed by atoms with E-state index in [0.29, 0.717) is 6.29 Å². The Morgan fingerprint density at radius 1 is 1.22 bits per heavy atom. The van der Waals surface area contributed by atoms with Gasteiger partial charge in [0.15, 0.2) is 0 Å². The molecule has 0 aliphatic rings. The van der Waals surface area contributed by atoms with Gasteiger partial charge in [-0.05, 0) is 32.8 Å². The number of ether oxygens (including phenoxy) is 2. The van der Waals surface area contributed by atoms with E-state index in [2.05, 4.69) is 5.32 Å². The number of nitrogens with one attached hydrogen (secondary N) is 1. The summed E-state index contributed by atoms with van der Waals surface area (Å²) < 4.78 is 10.2. The summed E-state index contributed by atoms with van der Waals surface area (Å²) in [6.07, 6.45) is 0.0854. The summed E-state index contributed by atoms with van der Waals surface area (Å²) >= 11 is 0. The Labute approximate surface area is 136 Å². The van der Waals surface area contributed by atoms with Crippen molar-refractivity contribution in [2.75, 3.05) is 0 Å². The predicted molar refractivity (Wildman–Crippen MR) is 84.7 cm³/mol. The lowest BCUT2D eigenvalue weighted by molar-refractivity contribution is -0.155. The van der Waals surface area contributed by atoms with Gasteiger partial charge in [-0.3, -0.25) is 4.79 Å². The van der Waals surface area contributed by atoms with E-state index < -0.39 is 23.7 Å². The van der Waals surface area contributed by atoms with Crippen molar-refractivity contribution in [2.45, 2.75) is 51.9 Å². The summed E-state index contributed by atoms with van der Waals surface area (Å²) in [5.41, 5.74) is 0.273. The van der Waals surface area contributed by atoms with Gasteiger partial charge in [0.1, 0.15) is 18.5 Å². The molecular weight excluding hydrogens is 298 g/mol. The molecule has 6 heteroatoms. The molecule has 0 fully saturated rings. The van der Waals surface area contributed by atoms with Crippen LogP contribution in [0.15, 0.2) is 30.3 Å². The minimum absolute atomic E-state index is 0.0413. The van der Waals surface area contributed by atoms with Crippen molar-refractivity contribution >= 4 is 18.3 Å². The van der Waals surface area contributed by atoms with Crippen LogP contribution in [0.4, 0.5) is 4.79 Å². The van der Waals surface area contributed by atoms with Gasteiger partial charge in [-0.25, -0.2) is 4.79 Å². The van der Waals surface area contributed by atoms with E-state index in [1.807, 2.05) is 30.3 Å². The molecule has 0 aromatic heterocycles. The fourth-order valence-corrected chi connectivity index (χ4v) is 1.76. The molecule has 1 aromatic carbocycles. The summed E-state index contributed by atoms with van der Waals surface area (Å²) in [7, 11) is 0. The van der Waals surface area contributed by atoms with Crippen LogP contribution >= 0.6 is 0 Å². The van der Waals surface area contributed by atoms with Crippen LogP contribution in [0.25, 0.3) is 0 Å². The summed E-state index contributed by atoms with van der Waals surface area (Å²) in [6.45, 7) is 5.41. The van der Waals surface area contributed by atoms with Gasteiger partial charge in [-0.15, -0.1) is 0 Å². The molecule has 1 unspecified atom stereocenters. The minimum Gasteiger partial charge on any atom is -0.460 e. The van der Waals surface area contributed by atoms with Gasteiger partial charge in [-0.2, -0.15) is 0 Å². The number of hydrogen-bond acceptors (Lipinski definition) is 5. The number of carbonyl (C=O) groups is 3. The Morgan fingerprint density at radius 2 is 1.87 bits per heavy atom. The van der Waals surface area contributed by atoms with E-state index in [-0.39, 0.29) is 19.4 Å². The standard InChI is InChI=1S/C17H23NO5/c1-17(2,3)23-15(20)10-9-14(11-19)18-16(21)22-12-13-7-5-4-6-8-13/h4-8,11,14H,9-10,12H2,1-3H3,(H,18,21). The highest BCUT2D eigenvalue weighted by atomic mass is 16.6. The summed E-state index contributed by atoms with van der Waals surface area (Å²) in [5.74, 6) is -0.413. The molecular formula is C17H23NO5. The average Bonchev–Trinajstić information content (AvgIpc) is 2.48. The highest BCUT2D eigenvalue weighted by Gasteiger charge is 2.19. The van der Waals surface area contributed by atoms with Crippen LogP contribution < -0.4 is 5.32 Å². The highest BCUT2D eigenvalue weighted by molar-refractivity contribution is 5.74. The van der Waals surface area contributed by atoms with Crippen LogP contribution in [-0.4, -0.2) is 30.0 Å². The first-order valence-electron chi connectivity index (χ1n) is 7.44. The number of amides is 1. The molecule has 0 radical (unpaired) electrons. The molecule has 0 saturated heterocycles. The summed E-state index contributed by atoms with van der Waals surface area (Å²) in [4.78, 5) is 34.2. The number of alkyl carbamates (subject to hydrolysis) is 1. The molecule has 126 valence electrons. The minimum atomic E-state index is -0.786. The summed E-state index contributed by atoms with van der Waals surface area (Å²) in [5, 5.41) is 2.42. The molecule has 0 aliphatic heterocycles. The lowest BCUT2D eigenvalue weighted by Crippen LogP contribution is -2.37. The van der Waals surface area contributed by atoms with Gasteiger partial charge < -0.3 is 19.6 Å². The van der Waals surface area contributed by atoms with Crippen molar-refractivity contribution in [3.05, 3.63) is 35.9 Å². The van der Waals surface area contributed by atoms with Crippen LogP contribution in [0.2, 0.25) is 0 Å². The number of rotatable bonds is 7. The molecule has 6 nitrogen and oxygen atoms in total. The van der Waals surface area contributed by atoms with Gasteiger partial charge in [0.25, 0.3) is 0 Å². The third kappa shape index (κ3) is 8.60. The largest absolute Gasteiger partial charge is 0.460 e. The van der Waals surface area contributed by atoms with Crippen LogP contribution in [-0.2, 0) is 25.7 Å². The van der Waals surface area contributed by atoms with Crippen molar-refractivity contribution in [3.63, 3.8) is 0 Å². The van der Waals surface area contributed by atoms with Crippen LogP contribution in [0.3, 0.4) is 0 Å². The zero-order valence-electron chi connectivity index (χ0n) is 13.7. The number of esters is 1. The molecule has 0 aliphatic carbocycles. The zero-order chi connectivity index (χ0) is 17.3. The Hall–Kier alpha value is -2.37. The fourth-order valence-electron chi connectivity index (χ4n) is 1.76. The predicted octanol–water partition coefficient (Wildman–Crippen LogP) is 2.60. The molecule has 1 rings (SSSR count). The molecule has 1 N–H and O–H groups in total. The lowest BCUT2D eigenvalue weighted by atomic mass is 10.1. The second kappa shape index (κ2) is 8.92. The SMILES string of the molecule is CC(C)(C)OC(=O)CCC(C=O)NC(=O)OCc1ccccc1. The van der Waals surface area contributed by atoms with Gasteiger partial charge >= 0.3 is 12.1 Å². The number of aldehydes is 1. The maximum atomic E-state index is 11.7. The van der Waals surface area contributed by atoms with Crippen LogP contribution in [0.1, 0.15) is 39.2 Å².